The Kier molecular flexibility index (Phi) is 3.70. The number of para-hydroxylation sites is 1. The summed E-state index contributed by atoms with van der Waals surface area (Å²) >= 11 is 1.70. The molecular weight excluding hydrogens is 296 g/mol. The molecule has 5 nitrogen and oxygen atoms in total. The minimum atomic E-state index is -0.0799. The lowest BCUT2D eigenvalue weighted by Gasteiger charge is -2.13. The van der Waals surface area contributed by atoms with Crippen LogP contribution in [0.4, 0.5) is 5.69 Å². The molecule has 0 aromatic heterocycles. The average Bonchev–Trinajstić information content (AvgIpc) is 2.96. The predicted molar refractivity (Wildman–Crippen MR) is 90.8 cm³/mol. The molecule has 22 heavy (non-hydrogen) atoms. The van der Waals surface area contributed by atoms with Crippen LogP contribution in [0, 0.1) is 0 Å². The SMILES string of the molecule is CN(C)C1=NN(C)C(=O)/C1=C/C=C1/Sc2ccccc2N1C. The normalized spacial score (nSPS) is 20.9. The fourth-order valence-corrected chi connectivity index (χ4v) is 3.46. The second-order valence-corrected chi connectivity index (χ2v) is 6.42. The van der Waals surface area contributed by atoms with Crippen molar-refractivity contribution in [2.24, 2.45) is 5.10 Å². The van der Waals surface area contributed by atoms with E-state index in [1.807, 2.05) is 50.3 Å². The van der Waals surface area contributed by atoms with Gasteiger partial charge < -0.3 is 9.80 Å². The quantitative estimate of drug-likeness (QED) is 0.746. The molecule has 6 heteroatoms. The number of hydrogen-bond donors (Lipinski definition) is 0. The predicted octanol–water partition coefficient (Wildman–Crippen LogP) is 2.34. The van der Waals surface area contributed by atoms with Gasteiger partial charge in [0, 0.05) is 33.1 Å². The van der Waals surface area contributed by atoms with Gasteiger partial charge in [-0.1, -0.05) is 23.9 Å². The van der Waals surface area contributed by atoms with Crippen LogP contribution in [0.1, 0.15) is 0 Å². The lowest BCUT2D eigenvalue weighted by Crippen LogP contribution is -2.24. The average molecular weight is 314 g/mol. The molecule has 0 fully saturated rings. The minimum absolute atomic E-state index is 0.0799. The highest BCUT2D eigenvalue weighted by Crippen LogP contribution is 2.44. The number of carbonyl (C=O) groups excluding carboxylic acids is 1. The van der Waals surface area contributed by atoms with E-state index in [4.69, 9.17) is 0 Å². The zero-order chi connectivity index (χ0) is 15.9. The van der Waals surface area contributed by atoms with Gasteiger partial charge in [0.2, 0.25) is 0 Å². The first-order valence-corrected chi connectivity index (χ1v) is 7.77. The summed E-state index contributed by atoms with van der Waals surface area (Å²) in [6.45, 7) is 0. The van der Waals surface area contributed by atoms with E-state index >= 15 is 0 Å². The highest BCUT2D eigenvalue weighted by atomic mass is 32.2. The third-order valence-corrected chi connectivity index (χ3v) is 4.78. The molecule has 0 atom stereocenters. The third-order valence-electron chi connectivity index (χ3n) is 3.60. The van der Waals surface area contributed by atoms with Crippen molar-refractivity contribution in [3.63, 3.8) is 0 Å². The molecule has 2 heterocycles. The van der Waals surface area contributed by atoms with Gasteiger partial charge in [0.25, 0.3) is 5.91 Å². The Hall–Kier alpha value is -2.21. The summed E-state index contributed by atoms with van der Waals surface area (Å²) in [5, 5.41) is 6.73. The van der Waals surface area contributed by atoms with Gasteiger partial charge in [-0.05, 0) is 24.3 Å². The smallest absolute Gasteiger partial charge is 0.277 e. The zero-order valence-corrected chi connectivity index (χ0v) is 13.9. The van der Waals surface area contributed by atoms with Crippen molar-refractivity contribution < 1.29 is 4.79 Å². The maximum absolute atomic E-state index is 12.2. The summed E-state index contributed by atoms with van der Waals surface area (Å²) in [7, 11) is 7.48. The number of likely N-dealkylation sites (N-methyl/N-ethyl adjacent to an activating group) is 2. The second-order valence-electron chi connectivity index (χ2n) is 5.36. The number of anilines is 1. The summed E-state index contributed by atoms with van der Waals surface area (Å²) in [5.41, 5.74) is 1.80. The second kappa shape index (κ2) is 5.53. The van der Waals surface area contributed by atoms with Crippen LogP contribution in [-0.2, 0) is 4.79 Å². The molecule has 0 spiro atoms. The molecule has 0 saturated carbocycles. The summed E-state index contributed by atoms with van der Waals surface area (Å²) in [6, 6.07) is 8.26. The van der Waals surface area contributed by atoms with Gasteiger partial charge in [0.05, 0.1) is 16.3 Å². The molecule has 0 aliphatic carbocycles. The minimum Gasteiger partial charge on any atom is -0.361 e. The monoisotopic (exact) mass is 314 g/mol. The van der Waals surface area contributed by atoms with Gasteiger partial charge in [0.15, 0.2) is 5.84 Å². The maximum atomic E-state index is 12.2. The molecule has 1 aromatic rings. The van der Waals surface area contributed by atoms with Crippen molar-refractivity contribution in [3.8, 4) is 0 Å². The van der Waals surface area contributed by atoms with Gasteiger partial charge in [-0.15, -0.1) is 0 Å². The first-order valence-electron chi connectivity index (χ1n) is 6.96. The van der Waals surface area contributed by atoms with E-state index in [2.05, 4.69) is 22.1 Å². The molecule has 0 unspecified atom stereocenters. The number of allylic oxidation sites excluding steroid dienone is 2. The van der Waals surface area contributed by atoms with E-state index in [1.165, 1.54) is 15.6 Å². The fraction of sp³-hybridized carbons (Fsp3) is 0.250. The van der Waals surface area contributed by atoms with Crippen LogP contribution >= 0.6 is 11.8 Å². The van der Waals surface area contributed by atoms with Crippen LogP contribution in [0.2, 0.25) is 0 Å². The van der Waals surface area contributed by atoms with Crippen molar-refractivity contribution in [1.82, 2.24) is 9.91 Å². The first-order chi connectivity index (χ1) is 10.5. The van der Waals surface area contributed by atoms with Crippen LogP contribution in [0.3, 0.4) is 0 Å². The Morgan fingerprint density at radius 1 is 1.18 bits per heavy atom. The van der Waals surface area contributed by atoms with E-state index in [1.54, 1.807) is 18.8 Å². The number of amidine groups is 1. The largest absolute Gasteiger partial charge is 0.361 e. The number of hydrogen-bond acceptors (Lipinski definition) is 5. The van der Waals surface area contributed by atoms with Gasteiger partial charge in [-0.25, -0.2) is 5.01 Å². The molecule has 1 amide bonds. The van der Waals surface area contributed by atoms with Gasteiger partial charge in [-0.2, -0.15) is 5.10 Å². The molecule has 0 saturated heterocycles. The van der Waals surface area contributed by atoms with Crippen molar-refractivity contribution in [2.75, 3.05) is 33.1 Å². The Balaban J connectivity index is 1.91. The van der Waals surface area contributed by atoms with Crippen molar-refractivity contribution in [1.29, 1.82) is 0 Å². The van der Waals surface area contributed by atoms with Crippen LogP contribution in [0.25, 0.3) is 0 Å². The number of nitrogens with zero attached hydrogens (tertiary/aromatic N) is 4. The van der Waals surface area contributed by atoms with E-state index in [-0.39, 0.29) is 5.91 Å². The third kappa shape index (κ3) is 2.39. The molecular formula is C16H18N4OS. The Labute approximate surface area is 134 Å². The Morgan fingerprint density at radius 2 is 1.91 bits per heavy atom. The molecule has 2 aliphatic rings. The highest BCUT2D eigenvalue weighted by Gasteiger charge is 2.28. The molecule has 0 bridgehead atoms. The van der Waals surface area contributed by atoms with Crippen LogP contribution in [-0.4, -0.2) is 49.8 Å². The zero-order valence-electron chi connectivity index (χ0n) is 13.1. The molecule has 3 rings (SSSR count). The van der Waals surface area contributed by atoms with Gasteiger partial charge >= 0.3 is 0 Å². The van der Waals surface area contributed by atoms with E-state index in [0.29, 0.717) is 11.4 Å². The lowest BCUT2D eigenvalue weighted by molar-refractivity contribution is -0.124. The summed E-state index contributed by atoms with van der Waals surface area (Å²) in [4.78, 5) is 17.4. The van der Waals surface area contributed by atoms with Crippen LogP contribution in [0.15, 0.2) is 57.0 Å². The molecule has 114 valence electrons. The van der Waals surface area contributed by atoms with Crippen LogP contribution in [0.5, 0.6) is 0 Å². The molecule has 1 aromatic carbocycles. The first kappa shape index (κ1) is 14.7. The number of fused-ring (bicyclic) bond motifs is 1. The van der Waals surface area contributed by atoms with Crippen molar-refractivity contribution in [3.05, 3.63) is 47.0 Å². The number of amides is 1. The standard InChI is InChI=1S/C16H18N4OS/c1-18(2)15-11(16(21)20(4)17-15)9-10-14-19(3)12-7-5-6-8-13(12)22-14/h5-10H,1-4H3/b11-9+,14-10+. The van der Waals surface area contributed by atoms with E-state index in [9.17, 15) is 4.79 Å². The molecule has 0 N–H and O–H groups in total. The van der Waals surface area contributed by atoms with Crippen molar-refractivity contribution >= 4 is 29.2 Å². The molecule has 2 aliphatic heterocycles. The number of benzene rings is 1. The maximum Gasteiger partial charge on any atom is 0.277 e. The van der Waals surface area contributed by atoms with Gasteiger partial charge in [-0.3, -0.25) is 4.79 Å². The van der Waals surface area contributed by atoms with E-state index < -0.39 is 0 Å². The van der Waals surface area contributed by atoms with Gasteiger partial charge in [0.1, 0.15) is 0 Å². The summed E-state index contributed by atoms with van der Waals surface area (Å²) < 4.78 is 0. The number of hydrazone groups is 1. The number of rotatable bonds is 1. The topological polar surface area (TPSA) is 39.1 Å². The molecule has 0 radical (unpaired) electrons. The summed E-state index contributed by atoms with van der Waals surface area (Å²) in [5.74, 6) is 0.608. The summed E-state index contributed by atoms with van der Waals surface area (Å²) in [6.07, 6.45) is 3.84. The highest BCUT2D eigenvalue weighted by molar-refractivity contribution is 8.03. The Bertz CT molecular complexity index is 721. The van der Waals surface area contributed by atoms with Crippen molar-refractivity contribution in [2.45, 2.75) is 4.90 Å². The fourth-order valence-electron chi connectivity index (χ4n) is 2.41. The van der Waals surface area contributed by atoms with Crippen LogP contribution < -0.4 is 4.90 Å². The number of thioether (sulfide) groups is 1. The number of carbonyl (C=O) groups is 1. The Morgan fingerprint density at radius 3 is 2.59 bits per heavy atom. The lowest BCUT2D eigenvalue weighted by atomic mass is 10.2. The van der Waals surface area contributed by atoms with E-state index in [0.717, 1.165) is 5.03 Å².